The van der Waals surface area contributed by atoms with Gasteiger partial charge in [0.15, 0.2) is 0 Å². The van der Waals surface area contributed by atoms with Gasteiger partial charge in [0.25, 0.3) is 0 Å². The molecule has 6 nitrogen and oxygen atoms in total. The van der Waals surface area contributed by atoms with Gasteiger partial charge in [-0.1, -0.05) is 0 Å². The molecule has 1 aromatic rings. The lowest BCUT2D eigenvalue weighted by Crippen LogP contribution is -2.34. The first-order valence-electron chi connectivity index (χ1n) is 7.60. The highest BCUT2D eigenvalue weighted by atomic mass is 32.2. The first-order valence-corrected chi connectivity index (χ1v) is 9.20. The Kier molecular flexibility index (Phi) is 5.90. The van der Waals surface area contributed by atoms with E-state index >= 15 is 0 Å². The molecular weight excluding hydrogens is 302 g/mol. The van der Waals surface area contributed by atoms with Gasteiger partial charge >= 0.3 is 0 Å². The second-order valence-electron chi connectivity index (χ2n) is 5.59. The molecule has 0 aromatic carbocycles. The Morgan fingerprint density at radius 1 is 1.27 bits per heavy atom. The van der Waals surface area contributed by atoms with Gasteiger partial charge in [-0.2, -0.15) is 0 Å². The molecule has 122 valence electrons. The van der Waals surface area contributed by atoms with Crippen LogP contribution in [0.4, 0.5) is 0 Å². The zero-order valence-corrected chi connectivity index (χ0v) is 13.8. The van der Waals surface area contributed by atoms with Crippen LogP contribution in [-0.4, -0.2) is 60.9 Å². The number of rotatable bonds is 7. The maximum Gasteiger partial charge on any atom is 0.223 e. The van der Waals surface area contributed by atoms with Gasteiger partial charge in [0.05, 0.1) is 5.75 Å². The van der Waals surface area contributed by atoms with Crippen LogP contribution >= 0.6 is 0 Å². The Balaban J connectivity index is 1.76. The molecule has 1 amide bonds. The standard InChI is InChI=1S/C15H23N3O3S/c1-17(12-6-14-4-8-16-9-5-14)15(19)7-13-22(20,21)18-10-2-3-11-18/h4-5,8-9H,2-3,6-7,10-13H2,1H3. The second-order valence-corrected chi connectivity index (χ2v) is 7.68. The topological polar surface area (TPSA) is 70.6 Å². The Labute approximate surface area is 132 Å². The van der Waals surface area contributed by atoms with E-state index in [0.717, 1.165) is 24.8 Å². The summed E-state index contributed by atoms with van der Waals surface area (Å²) in [7, 11) is -1.56. The molecular formula is C15H23N3O3S. The van der Waals surface area contributed by atoms with Crippen molar-refractivity contribution in [3.8, 4) is 0 Å². The molecule has 0 saturated carbocycles. The Hall–Kier alpha value is -1.47. The minimum Gasteiger partial charge on any atom is -0.345 e. The number of aromatic nitrogens is 1. The van der Waals surface area contributed by atoms with E-state index in [1.165, 1.54) is 4.31 Å². The summed E-state index contributed by atoms with van der Waals surface area (Å²) in [6, 6.07) is 3.83. The smallest absolute Gasteiger partial charge is 0.223 e. The average Bonchev–Trinajstić information content (AvgIpc) is 3.06. The van der Waals surface area contributed by atoms with E-state index in [4.69, 9.17) is 0 Å². The van der Waals surface area contributed by atoms with Crippen LogP contribution in [0.5, 0.6) is 0 Å². The lowest BCUT2D eigenvalue weighted by atomic mass is 10.2. The maximum atomic E-state index is 12.1. The van der Waals surface area contributed by atoms with Crippen LogP contribution in [0.2, 0.25) is 0 Å². The van der Waals surface area contributed by atoms with Gasteiger partial charge in [0, 0.05) is 45.5 Å². The molecule has 0 bridgehead atoms. The molecule has 0 spiro atoms. The fraction of sp³-hybridized carbons (Fsp3) is 0.600. The summed E-state index contributed by atoms with van der Waals surface area (Å²) in [4.78, 5) is 17.6. The number of carbonyl (C=O) groups excluding carboxylic acids is 1. The van der Waals surface area contributed by atoms with Gasteiger partial charge < -0.3 is 4.90 Å². The molecule has 0 aliphatic carbocycles. The number of hydrogen-bond acceptors (Lipinski definition) is 4. The second kappa shape index (κ2) is 7.69. The molecule has 0 N–H and O–H groups in total. The summed E-state index contributed by atoms with van der Waals surface area (Å²) in [5.41, 5.74) is 1.11. The average molecular weight is 325 g/mol. The van der Waals surface area contributed by atoms with E-state index < -0.39 is 10.0 Å². The molecule has 0 radical (unpaired) electrons. The van der Waals surface area contributed by atoms with Crippen LogP contribution < -0.4 is 0 Å². The lowest BCUT2D eigenvalue weighted by molar-refractivity contribution is -0.129. The largest absolute Gasteiger partial charge is 0.345 e. The molecule has 1 aromatic heterocycles. The van der Waals surface area contributed by atoms with Gasteiger partial charge in [-0.3, -0.25) is 9.78 Å². The van der Waals surface area contributed by atoms with Crippen molar-refractivity contribution < 1.29 is 13.2 Å². The van der Waals surface area contributed by atoms with Crippen LogP contribution in [0.25, 0.3) is 0 Å². The summed E-state index contributed by atoms with van der Waals surface area (Å²) >= 11 is 0. The highest BCUT2D eigenvalue weighted by molar-refractivity contribution is 7.89. The molecule has 1 aliphatic rings. The van der Waals surface area contributed by atoms with Crippen molar-refractivity contribution in [1.82, 2.24) is 14.2 Å². The number of carbonyl (C=O) groups is 1. The highest BCUT2D eigenvalue weighted by Gasteiger charge is 2.26. The molecule has 0 unspecified atom stereocenters. The fourth-order valence-corrected chi connectivity index (χ4v) is 3.98. The third kappa shape index (κ3) is 4.78. The van der Waals surface area contributed by atoms with E-state index in [-0.39, 0.29) is 18.1 Å². The Bertz CT molecular complexity index is 583. The lowest BCUT2D eigenvalue weighted by Gasteiger charge is -2.19. The number of likely N-dealkylation sites (N-methyl/N-ethyl adjacent to an activating group) is 1. The minimum absolute atomic E-state index is 0.0473. The number of hydrogen-bond donors (Lipinski definition) is 0. The summed E-state index contributed by atoms with van der Waals surface area (Å²) in [6.07, 6.45) is 6.06. The van der Waals surface area contributed by atoms with Crippen LogP contribution in [0.15, 0.2) is 24.5 Å². The van der Waals surface area contributed by atoms with Crippen LogP contribution in [0, 0.1) is 0 Å². The van der Waals surface area contributed by atoms with Crippen LogP contribution in [-0.2, 0) is 21.2 Å². The van der Waals surface area contributed by atoms with Crippen LogP contribution in [0.3, 0.4) is 0 Å². The number of amides is 1. The summed E-state index contributed by atoms with van der Waals surface area (Å²) < 4.78 is 25.7. The van der Waals surface area contributed by atoms with Crippen LogP contribution in [0.1, 0.15) is 24.8 Å². The van der Waals surface area contributed by atoms with Crippen molar-refractivity contribution in [3.63, 3.8) is 0 Å². The zero-order valence-electron chi connectivity index (χ0n) is 12.9. The van der Waals surface area contributed by atoms with E-state index in [9.17, 15) is 13.2 Å². The molecule has 2 rings (SSSR count). The normalized spacial score (nSPS) is 15.9. The molecule has 7 heteroatoms. The summed E-state index contributed by atoms with van der Waals surface area (Å²) in [5, 5.41) is 0. The van der Waals surface area contributed by atoms with Gasteiger partial charge in [-0.15, -0.1) is 0 Å². The van der Waals surface area contributed by atoms with E-state index in [2.05, 4.69) is 4.98 Å². The quantitative estimate of drug-likeness (QED) is 0.747. The maximum absolute atomic E-state index is 12.1. The summed E-state index contributed by atoms with van der Waals surface area (Å²) in [5.74, 6) is -0.220. The molecule has 1 fully saturated rings. The third-order valence-corrected chi connectivity index (χ3v) is 5.82. The van der Waals surface area contributed by atoms with Crippen molar-refractivity contribution in [1.29, 1.82) is 0 Å². The monoisotopic (exact) mass is 325 g/mol. The highest BCUT2D eigenvalue weighted by Crippen LogP contribution is 2.14. The zero-order chi connectivity index (χ0) is 16.0. The number of nitrogens with zero attached hydrogens (tertiary/aromatic N) is 3. The third-order valence-electron chi connectivity index (χ3n) is 3.94. The van der Waals surface area contributed by atoms with Crippen molar-refractivity contribution in [2.75, 3.05) is 32.4 Å². The van der Waals surface area contributed by atoms with Crippen molar-refractivity contribution in [3.05, 3.63) is 30.1 Å². The number of pyridine rings is 1. The molecule has 0 atom stereocenters. The van der Waals surface area contributed by atoms with E-state index in [1.54, 1.807) is 24.3 Å². The molecule has 1 aliphatic heterocycles. The van der Waals surface area contributed by atoms with Gasteiger partial charge in [0.2, 0.25) is 15.9 Å². The van der Waals surface area contributed by atoms with Gasteiger partial charge in [0.1, 0.15) is 0 Å². The molecule has 22 heavy (non-hydrogen) atoms. The molecule has 1 saturated heterocycles. The number of sulfonamides is 1. The van der Waals surface area contributed by atoms with E-state index in [1.807, 2.05) is 12.1 Å². The summed E-state index contributed by atoms with van der Waals surface area (Å²) in [6.45, 7) is 1.76. The van der Waals surface area contributed by atoms with Crippen molar-refractivity contribution in [2.45, 2.75) is 25.7 Å². The first-order chi connectivity index (χ1) is 10.5. The Morgan fingerprint density at radius 2 is 1.91 bits per heavy atom. The molecule has 2 heterocycles. The predicted octanol–water partition coefficient (Wildman–Crippen LogP) is 0.898. The fourth-order valence-electron chi connectivity index (χ4n) is 2.47. The SMILES string of the molecule is CN(CCc1ccncc1)C(=O)CCS(=O)(=O)N1CCCC1. The Morgan fingerprint density at radius 3 is 2.55 bits per heavy atom. The minimum atomic E-state index is -3.28. The van der Waals surface area contributed by atoms with Gasteiger partial charge in [-0.05, 0) is 37.0 Å². The van der Waals surface area contributed by atoms with E-state index in [0.29, 0.717) is 19.6 Å². The van der Waals surface area contributed by atoms with Gasteiger partial charge in [-0.25, -0.2) is 12.7 Å². The van der Waals surface area contributed by atoms with Crippen molar-refractivity contribution >= 4 is 15.9 Å². The first kappa shape index (κ1) is 16.9. The van der Waals surface area contributed by atoms with Crippen molar-refractivity contribution in [2.24, 2.45) is 0 Å². The predicted molar refractivity (Wildman–Crippen MR) is 84.8 cm³/mol.